The molecule has 4 nitrogen and oxygen atoms in total. The van der Waals surface area contributed by atoms with E-state index in [1.54, 1.807) is 6.92 Å². The quantitative estimate of drug-likeness (QED) is 0.349. The van der Waals surface area contributed by atoms with E-state index >= 15 is 0 Å². The first kappa shape index (κ1) is 8.01. The second-order valence-electron chi connectivity index (χ2n) is 1.81. The van der Waals surface area contributed by atoms with Gasteiger partial charge in [-0.15, -0.1) is 0 Å². The Hall–Kier alpha value is -0.990. The Morgan fingerprint density at radius 1 is 2.00 bits per heavy atom. The zero-order valence-electron chi connectivity index (χ0n) is 5.28. The van der Waals surface area contributed by atoms with E-state index in [-0.39, 0.29) is 0 Å². The molecule has 0 aliphatic carbocycles. The first-order valence-electron chi connectivity index (χ1n) is 2.57. The van der Waals surface area contributed by atoms with E-state index in [1.165, 1.54) is 0 Å². The maximum atomic E-state index is 8.71. The number of aliphatic hydroxyl groups is 1. The summed E-state index contributed by atoms with van der Waals surface area (Å²) in [6.45, 7) is 5.01. The SMILES string of the molecule is C=C(CC(C)O)N=[N+]=[N-]. The van der Waals surface area contributed by atoms with Crippen LogP contribution in [0.3, 0.4) is 0 Å². The van der Waals surface area contributed by atoms with E-state index in [0.29, 0.717) is 12.1 Å². The van der Waals surface area contributed by atoms with Crippen molar-refractivity contribution in [1.29, 1.82) is 0 Å². The first-order chi connectivity index (χ1) is 4.16. The standard InChI is InChI=1S/C5H9N3O/c1-4(7-8-6)3-5(2)9/h5,9H,1,3H2,2H3. The van der Waals surface area contributed by atoms with E-state index in [9.17, 15) is 0 Å². The minimum Gasteiger partial charge on any atom is -0.393 e. The lowest BCUT2D eigenvalue weighted by Crippen LogP contribution is -1.98. The summed E-state index contributed by atoms with van der Waals surface area (Å²) in [5, 5.41) is 11.9. The Balaban J connectivity index is 3.64. The van der Waals surface area contributed by atoms with Crippen LogP contribution in [0.1, 0.15) is 13.3 Å². The van der Waals surface area contributed by atoms with Crippen LogP contribution in [-0.4, -0.2) is 11.2 Å². The Labute approximate surface area is 53.4 Å². The third-order valence-corrected chi connectivity index (χ3v) is 0.717. The Morgan fingerprint density at radius 3 is 2.89 bits per heavy atom. The molecular weight excluding hydrogens is 118 g/mol. The van der Waals surface area contributed by atoms with Crippen molar-refractivity contribution in [3.63, 3.8) is 0 Å². The van der Waals surface area contributed by atoms with E-state index in [2.05, 4.69) is 16.6 Å². The normalized spacial score (nSPS) is 11.8. The molecular formula is C5H9N3O. The zero-order valence-corrected chi connectivity index (χ0v) is 5.28. The topological polar surface area (TPSA) is 69.0 Å². The molecule has 0 aromatic carbocycles. The van der Waals surface area contributed by atoms with Crippen molar-refractivity contribution in [2.75, 3.05) is 0 Å². The van der Waals surface area contributed by atoms with Gasteiger partial charge in [0.2, 0.25) is 0 Å². The highest BCUT2D eigenvalue weighted by Crippen LogP contribution is 2.02. The molecule has 0 rings (SSSR count). The lowest BCUT2D eigenvalue weighted by molar-refractivity contribution is 0.195. The number of nitrogens with zero attached hydrogens (tertiary/aromatic N) is 3. The summed E-state index contributed by atoms with van der Waals surface area (Å²) in [5.41, 5.74) is 8.23. The van der Waals surface area contributed by atoms with Gasteiger partial charge in [-0.3, -0.25) is 0 Å². The van der Waals surface area contributed by atoms with Crippen LogP contribution in [0.2, 0.25) is 0 Å². The molecule has 0 amide bonds. The molecule has 0 aliphatic heterocycles. The molecule has 0 saturated heterocycles. The van der Waals surface area contributed by atoms with Crippen molar-refractivity contribution in [2.24, 2.45) is 5.11 Å². The molecule has 0 radical (unpaired) electrons. The number of hydrogen-bond donors (Lipinski definition) is 1. The van der Waals surface area contributed by atoms with Crippen LogP contribution in [0.15, 0.2) is 17.4 Å². The molecule has 0 aromatic rings. The average Bonchev–Trinajstić information content (AvgIpc) is 1.63. The van der Waals surface area contributed by atoms with E-state index in [4.69, 9.17) is 10.6 Å². The highest BCUT2D eigenvalue weighted by molar-refractivity contribution is 4.92. The molecule has 0 aliphatic rings. The van der Waals surface area contributed by atoms with Gasteiger partial charge in [-0.2, -0.15) is 0 Å². The molecule has 0 bridgehead atoms. The average molecular weight is 127 g/mol. The van der Waals surface area contributed by atoms with Gasteiger partial charge in [-0.1, -0.05) is 11.7 Å². The molecule has 0 fully saturated rings. The maximum absolute atomic E-state index is 8.71. The van der Waals surface area contributed by atoms with Gasteiger partial charge in [0, 0.05) is 10.6 Å². The predicted molar refractivity (Wildman–Crippen MR) is 34.6 cm³/mol. The fourth-order valence-corrected chi connectivity index (χ4v) is 0.445. The summed E-state index contributed by atoms with van der Waals surface area (Å²) in [5.74, 6) is 0. The van der Waals surface area contributed by atoms with Gasteiger partial charge in [0.1, 0.15) is 0 Å². The number of rotatable bonds is 3. The molecule has 0 heterocycles. The molecule has 1 atom stereocenters. The predicted octanol–water partition coefficient (Wildman–Crippen LogP) is 1.58. The van der Waals surface area contributed by atoms with Gasteiger partial charge >= 0.3 is 0 Å². The second kappa shape index (κ2) is 3.95. The third-order valence-electron chi connectivity index (χ3n) is 0.717. The van der Waals surface area contributed by atoms with Crippen molar-refractivity contribution in [1.82, 2.24) is 0 Å². The number of hydrogen-bond acceptors (Lipinski definition) is 2. The van der Waals surface area contributed by atoms with Gasteiger partial charge < -0.3 is 5.11 Å². The lowest BCUT2D eigenvalue weighted by atomic mass is 10.2. The van der Waals surface area contributed by atoms with Crippen LogP contribution in [0.4, 0.5) is 0 Å². The molecule has 0 saturated carbocycles. The third kappa shape index (κ3) is 4.87. The zero-order chi connectivity index (χ0) is 7.28. The molecule has 0 aromatic heterocycles. The van der Waals surface area contributed by atoms with Crippen molar-refractivity contribution >= 4 is 0 Å². The number of azide groups is 1. The summed E-state index contributed by atoms with van der Waals surface area (Å²) in [7, 11) is 0. The van der Waals surface area contributed by atoms with Gasteiger partial charge in [0.05, 0.1) is 6.10 Å². The van der Waals surface area contributed by atoms with Crippen LogP contribution < -0.4 is 0 Å². The largest absolute Gasteiger partial charge is 0.393 e. The molecule has 1 N–H and O–H groups in total. The second-order valence-corrected chi connectivity index (χ2v) is 1.81. The molecule has 4 heteroatoms. The van der Waals surface area contributed by atoms with Gasteiger partial charge in [0.25, 0.3) is 0 Å². The van der Waals surface area contributed by atoms with Crippen molar-refractivity contribution in [2.45, 2.75) is 19.4 Å². The van der Waals surface area contributed by atoms with Crippen molar-refractivity contribution < 1.29 is 5.11 Å². The maximum Gasteiger partial charge on any atom is 0.0551 e. The van der Waals surface area contributed by atoms with Crippen molar-refractivity contribution in [3.05, 3.63) is 22.7 Å². The highest BCUT2D eigenvalue weighted by atomic mass is 16.3. The van der Waals surface area contributed by atoms with E-state index in [1.807, 2.05) is 0 Å². The monoisotopic (exact) mass is 127 g/mol. The van der Waals surface area contributed by atoms with Crippen molar-refractivity contribution in [3.8, 4) is 0 Å². The Bertz CT molecular complexity index is 146. The summed E-state index contributed by atoms with van der Waals surface area (Å²) >= 11 is 0. The van der Waals surface area contributed by atoms with Crippen LogP contribution in [0.5, 0.6) is 0 Å². The summed E-state index contributed by atoms with van der Waals surface area (Å²) < 4.78 is 0. The Morgan fingerprint density at radius 2 is 2.56 bits per heavy atom. The molecule has 0 spiro atoms. The van der Waals surface area contributed by atoms with E-state index in [0.717, 1.165) is 0 Å². The fourth-order valence-electron chi connectivity index (χ4n) is 0.445. The molecule has 50 valence electrons. The lowest BCUT2D eigenvalue weighted by Gasteiger charge is -1.99. The van der Waals surface area contributed by atoms with E-state index < -0.39 is 6.10 Å². The molecule has 9 heavy (non-hydrogen) atoms. The van der Waals surface area contributed by atoms with Crippen LogP contribution in [0.25, 0.3) is 10.4 Å². The number of aliphatic hydroxyl groups excluding tert-OH is 1. The smallest absolute Gasteiger partial charge is 0.0551 e. The van der Waals surface area contributed by atoms with Crippen LogP contribution in [0, 0.1) is 0 Å². The summed E-state index contributed by atoms with van der Waals surface area (Å²) in [6.07, 6.45) is -0.146. The van der Waals surface area contributed by atoms with Gasteiger partial charge in [-0.05, 0) is 18.9 Å². The van der Waals surface area contributed by atoms with Crippen LogP contribution in [-0.2, 0) is 0 Å². The fraction of sp³-hybridized carbons (Fsp3) is 0.600. The first-order valence-corrected chi connectivity index (χ1v) is 2.57. The Kier molecular flexibility index (Phi) is 3.51. The molecule has 1 unspecified atom stereocenters. The minimum atomic E-state index is -0.483. The van der Waals surface area contributed by atoms with Gasteiger partial charge in [0.15, 0.2) is 0 Å². The summed E-state index contributed by atoms with van der Waals surface area (Å²) in [6, 6.07) is 0. The van der Waals surface area contributed by atoms with Crippen LogP contribution >= 0.6 is 0 Å². The summed E-state index contributed by atoms with van der Waals surface area (Å²) in [4.78, 5) is 2.50. The minimum absolute atomic E-state index is 0.337. The highest BCUT2D eigenvalue weighted by Gasteiger charge is 1.95. The van der Waals surface area contributed by atoms with Gasteiger partial charge in [-0.25, -0.2) is 0 Å².